The number of fused-ring (bicyclic) bond motifs is 1. The molecule has 0 atom stereocenters. The van der Waals surface area contributed by atoms with Gasteiger partial charge in [0.1, 0.15) is 18.2 Å². The summed E-state index contributed by atoms with van der Waals surface area (Å²) in [5.41, 5.74) is 2.98. The van der Waals surface area contributed by atoms with E-state index in [0.29, 0.717) is 27.9 Å². The lowest BCUT2D eigenvalue weighted by Crippen LogP contribution is -2.04. The number of aromatic nitrogens is 1. The first-order valence-electron chi connectivity index (χ1n) is 9.75. The van der Waals surface area contributed by atoms with Gasteiger partial charge in [-0.1, -0.05) is 41.4 Å². The largest absolute Gasteiger partial charge is 0.488 e. The van der Waals surface area contributed by atoms with Crippen LogP contribution in [-0.4, -0.2) is 15.6 Å². The second-order valence-electron chi connectivity index (χ2n) is 7.17. The van der Waals surface area contributed by atoms with Gasteiger partial charge in [-0.2, -0.15) is 0 Å². The Bertz CT molecular complexity index is 1330. The molecule has 1 aromatic heterocycles. The van der Waals surface area contributed by atoms with Crippen LogP contribution in [0.4, 0.5) is 4.39 Å². The fourth-order valence-corrected chi connectivity index (χ4v) is 3.84. The highest BCUT2D eigenvalue weighted by Crippen LogP contribution is 2.28. The van der Waals surface area contributed by atoms with Crippen LogP contribution in [0.15, 0.2) is 72.9 Å². The van der Waals surface area contributed by atoms with Crippen molar-refractivity contribution in [3.63, 3.8) is 0 Å². The Balaban J connectivity index is 1.62. The fourth-order valence-electron chi connectivity index (χ4n) is 3.48. The average Bonchev–Trinajstić information content (AvgIpc) is 3.16. The standard InChI is InChI=1S/C25H18Cl2FNO3/c26-19-7-8-24(32-15-17-4-6-20(27)13-22(17)28)18(12-19)14-29-11-10-21-16(5-9-25(30)31)2-1-3-23(21)29/h1-13H,14-15H2,(H,30,31)/b9-5+. The van der Waals surface area contributed by atoms with E-state index in [9.17, 15) is 9.18 Å². The molecular formula is C25H18Cl2FNO3. The van der Waals surface area contributed by atoms with Gasteiger partial charge in [0.2, 0.25) is 0 Å². The molecule has 0 spiro atoms. The number of rotatable bonds is 7. The number of carbonyl (C=O) groups is 1. The van der Waals surface area contributed by atoms with Crippen molar-refractivity contribution >= 4 is 46.2 Å². The third-order valence-corrected chi connectivity index (χ3v) is 5.48. The highest BCUT2D eigenvalue weighted by molar-refractivity contribution is 6.30. The van der Waals surface area contributed by atoms with Gasteiger partial charge < -0.3 is 14.4 Å². The topological polar surface area (TPSA) is 51.5 Å². The molecule has 0 aliphatic heterocycles. The van der Waals surface area contributed by atoms with E-state index in [1.165, 1.54) is 6.07 Å². The van der Waals surface area contributed by atoms with Crippen LogP contribution in [-0.2, 0) is 17.9 Å². The molecule has 0 amide bonds. The van der Waals surface area contributed by atoms with Crippen LogP contribution in [0.2, 0.25) is 10.0 Å². The minimum atomic E-state index is -1.00. The quantitative estimate of drug-likeness (QED) is 0.302. The van der Waals surface area contributed by atoms with Gasteiger partial charge in [0.05, 0.1) is 6.54 Å². The Morgan fingerprint density at radius 2 is 1.81 bits per heavy atom. The molecule has 0 saturated carbocycles. The van der Waals surface area contributed by atoms with Gasteiger partial charge >= 0.3 is 5.97 Å². The first kappa shape index (κ1) is 21.9. The maximum absolute atomic E-state index is 14.1. The normalized spacial score (nSPS) is 11.3. The molecular weight excluding hydrogens is 452 g/mol. The zero-order chi connectivity index (χ0) is 22.7. The molecule has 32 heavy (non-hydrogen) atoms. The first-order valence-corrected chi connectivity index (χ1v) is 10.5. The molecule has 0 aliphatic carbocycles. The van der Waals surface area contributed by atoms with Crippen LogP contribution < -0.4 is 4.74 Å². The lowest BCUT2D eigenvalue weighted by Gasteiger charge is -2.14. The smallest absolute Gasteiger partial charge is 0.328 e. The number of hydrogen-bond acceptors (Lipinski definition) is 2. The summed E-state index contributed by atoms with van der Waals surface area (Å²) in [6.45, 7) is 0.517. The van der Waals surface area contributed by atoms with Crippen LogP contribution in [0.1, 0.15) is 16.7 Å². The highest BCUT2D eigenvalue weighted by atomic mass is 35.5. The van der Waals surface area contributed by atoms with Gasteiger partial charge in [0.25, 0.3) is 0 Å². The zero-order valence-corrected chi connectivity index (χ0v) is 18.3. The number of carboxylic acids is 1. The summed E-state index contributed by atoms with van der Waals surface area (Å²) in [7, 11) is 0. The predicted molar refractivity (Wildman–Crippen MR) is 125 cm³/mol. The van der Waals surface area contributed by atoms with Crippen molar-refractivity contribution in [3.8, 4) is 5.75 Å². The van der Waals surface area contributed by atoms with Crippen LogP contribution in [0.25, 0.3) is 17.0 Å². The monoisotopic (exact) mass is 469 g/mol. The van der Waals surface area contributed by atoms with Crippen molar-refractivity contribution in [1.29, 1.82) is 0 Å². The number of halogens is 3. The summed E-state index contributed by atoms with van der Waals surface area (Å²) in [4.78, 5) is 10.9. The summed E-state index contributed by atoms with van der Waals surface area (Å²) in [6, 6.07) is 17.4. The minimum Gasteiger partial charge on any atom is -0.488 e. The predicted octanol–water partition coefficient (Wildman–Crippen LogP) is 6.81. The number of aliphatic carboxylic acids is 1. The van der Waals surface area contributed by atoms with Crippen molar-refractivity contribution in [2.24, 2.45) is 0 Å². The molecule has 1 N–H and O–H groups in total. The van der Waals surface area contributed by atoms with Gasteiger partial charge in [-0.05, 0) is 54.1 Å². The summed E-state index contributed by atoms with van der Waals surface area (Å²) in [6.07, 6.45) is 4.61. The molecule has 1 heterocycles. The van der Waals surface area contributed by atoms with E-state index in [2.05, 4.69) is 0 Å². The molecule has 7 heteroatoms. The van der Waals surface area contributed by atoms with Gasteiger partial charge in [0, 0.05) is 44.3 Å². The molecule has 4 aromatic rings. The van der Waals surface area contributed by atoms with Crippen molar-refractivity contribution in [1.82, 2.24) is 4.57 Å². The second kappa shape index (κ2) is 9.47. The highest BCUT2D eigenvalue weighted by Gasteiger charge is 2.11. The van der Waals surface area contributed by atoms with Crippen molar-refractivity contribution in [3.05, 3.63) is 105 Å². The van der Waals surface area contributed by atoms with Crippen molar-refractivity contribution in [2.75, 3.05) is 0 Å². The molecule has 4 rings (SSSR count). The van der Waals surface area contributed by atoms with Crippen LogP contribution in [0.3, 0.4) is 0 Å². The van der Waals surface area contributed by atoms with Crippen LogP contribution >= 0.6 is 23.2 Å². The summed E-state index contributed by atoms with van der Waals surface area (Å²) < 4.78 is 22.1. The first-order chi connectivity index (χ1) is 15.4. The molecule has 0 bridgehead atoms. The van der Waals surface area contributed by atoms with E-state index in [-0.39, 0.29) is 6.61 Å². The van der Waals surface area contributed by atoms with Gasteiger partial charge in [-0.15, -0.1) is 0 Å². The van der Waals surface area contributed by atoms with E-state index in [0.717, 1.165) is 28.1 Å². The minimum absolute atomic E-state index is 0.0498. The zero-order valence-electron chi connectivity index (χ0n) is 16.8. The van der Waals surface area contributed by atoms with Gasteiger partial charge in [0.15, 0.2) is 0 Å². The Morgan fingerprint density at radius 1 is 1.03 bits per heavy atom. The fraction of sp³-hybridized carbons (Fsp3) is 0.0800. The third kappa shape index (κ3) is 4.96. The maximum Gasteiger partial charge on any atom is 0.328 e. The van der Waals surface area contributed by atoms with Crippen LogP contribution in [0.5, 0.6) is 5.75 Å². The molecule has 0 aliphatic rings. The number of carboxylic acid groups (broad SMARTS) is 1. The van der Waals surface area contributed by atoms with E-state index in [1.807, 2.05) is 41.1 Å². The second-order valence-corrected chi connectivity index (χ2v) is 8.04. The number of hydrogen-bond donors (Lipinski definition) is 1. The molecule has 0 saturated heterocycles. The molecule has 162 valence electrons. The lowest BCUT2D eigenvalue weighted by atomic mass is 10.1. The van der Waals surface area contributed by atoms with Gasteiger partial charge in [-0.3, -0.25) is 0 Å². The average molecular weight is 470 g/mol. The SMILES string of the molecule is O=C(O)/C=C/c1cccc2c1ccn2Cc1cc(Cl)ccc1OCc1ccc(Cl)cc1F. The Kier molecular flexibility index (Phi) is 6.49. The van der Waals surface area contributed by atoms with Crippen molar-refractivity contribution < 1.29 is 19.0 Å². The number of nitrogens with zero attached hydrogens (tertiary/aromatic N) is 1. The number of ether oxygens (including phenoxy) is 1. The summed E-state index contributed by atoms with van der Waals surface area (Å²) in [5.74, 6) is -0.835. The Labute approximate surface area is 194 Å². The van der Waals surface area contributed by atoms with E-state index in [4.69, 9.17) is 33.0 Å². The molecule has 0 radical (unpaired) electrons. The molecule has 3 aromatic carbocycles. The summed E-state index contributed by atoms with van der Waals surface area (Å²) in [5, 5.41) is 10.7. The number of benzene rings is 3. The van der Waals surface area contributed by atoms with Crippen molar-refractivity contribution in [2.45, 2.75) is 13.2 Å². The lowest BCUT2D eigenvalue weighted by molar-refractivity contribution is -0.131. The Hall–Kier alpha value is -3.28. The van der Waals surface area contributed by atoms with Gasteiger partial charge in [-0.25, -0.2) is 9.18 Å². The van der Waals surface area contributed by atoms with E-state index < -0.39 is 11.8 Å². The maximum atomic E-state index is 14.1. The van der Waals surface area contributed by atoms with E-state index in [1.54, 1.807) is 30.3 Å². The summed E-state index contributed by atoms with van der Waals surface area (Å²) >= 11 is 12.0. The Morgan fingerprint density at radius 3 is 2.59 bits per heavy atom. The van der Waals surface area contributed by atoms with Crippen LogP contribution in [0, 0.1) is 5.82 Å². The third-order valence-electron chi connectivity index (χ3n) is 5.01. The molecule has 0 fully saturated rings. The molecule has 0 unspecified atom stereocenters. The molecule has 4 nitrogen and oxygen atoms in total. The van der Waals surface area contributed by atoms with E-state index >= 15 is 0 Å².